The molecule has 6 nitrogen and oxygen atoms in total. The first-order valence-corrected chi connectivity index (χ1v) is 8.76. The molecule has 2 aliphatic rings. The van der Waals surface area contributed by atoms with Gasteiger partial charge in [-0.25, -0.2) is 0 Å². The Morgan fingerprint density at radius 1 is 1.20 bits per heavy atom. The van der Waals surface area contributed by atoms with Crippen LogP contribution in [0.3, 0.4) is 0 Å². The minimum atomic E-state index is -0.155. The van der Waals surface area contributed by atoms with E-state index in [0.29, 0.717) is 17.7 Å². The summed E-state index contributed by atoms with van der Waals surface area (Å²) < 4.78 is 5.23. The van der Waals surface area contributed by atoms with Crippen LogP contribution in [0, 0.1) is 6.92 Å². The fourth-order valence-electron chi connectivity index (χ4n) is 3.87. The molecule has 2 unspecified atom stereocenters. The maximum Gasteiger partial charge on any atom is 0.261 e. The van der Waals surface area contributed by atoms with Crippen LogP contribution in [0.15, 0.2) is 34.9 Å². The van der Waals surface area contributed by atoms with E-state index in [1.54, 1.807) is 24.3 Å². The number of carbonyl (C=O) groups excluding carboxylic acids is 2. The number of aryl methyl sites for hydroxylation is 1. The van der Waals surface area contributed by atoms with Crippen LogP contribution in [0.2, 0.25) is 0 Å². The molecule has 0 radical (unpaired) electrons. The SMILES string of the molecule is Cc1cc(CNC2CCCC(N3C(=O)c4ccccc4C3=O)C2)on1. The van der Waals surface area contributed by atoms with Crippen LogP contribution in [0.25, 0.3) is 0 Å². The molecule has 1 aliphatic heterocycles. The fourth-order valence-corrected chi connectivity index (χ4v) is 3.87. The fraction of sp³-hybridized carbons (Fsp3) is 0.421. The van der Waals surface area contributed by atoms with Gasteiger partial charge < -0.3 is 9.84 Å². The van der Waals surface area contributed by atoms with E-state index in [9.17, 15) is 9.59 Å². The van der Waals surface area contributed by atoms with Crippen molar-refractivity contribution >= 4 is 11.8 Å². The Morgan fingerprint density at radius 3 is 2.56 bits per heavy atom. The summed E-state index contributed by atoms with van der Waals surface area (Å²) in [5, 5.41) is 7.36. The van der Waals surface area contributed by atoms with Gasteiger partial charge in [-0.3, -0.25) is 14.5 Å². The summed E-state index contributed by atoms with van der Waals surface area (Å²) in [6, 6.07) is 9.21. The highest BCUT2D eigenvalue weighted by molar-refractivity contribution is 6.21. The van der Waals surface area contributed by atoms with E-state index in [1.807, 2.05) is 13.0 Å². The summed E-state index contributed by atoms with van der Waals surface area (Å²) >= 11 is 0. The zero-order valence-electron chi connectivity index (χ0n) is 14.2. The zero-order chi connectivity index (χ0) is 17.4. The van der Waals surface area contributed by atoms with Crippen molar-refractivity contribution in [2.24, 2.45) is 0 Å². The van der Waals surface area contributed by atoms with Crippen LogP contribution in [0.1, 0.15) is 57.9 Å². The first kappa shape index (κ1) is 16.0. The first-order chi connectivity index (χ1) is 12.1. The number of amides is 2. The maximum absolute atomic E-state index is 12.7. The van der Waals surface area contributed by atoms with Gasteiger partial charge in [-0.1, -0.05) is 17.3 Å². The van der Waals surface area contributed by atoms with Crippen molar-refractivity contribution in [3.63, 3.8) is 0 Å². The van der Waals surface area contributed by atoms with Gasteiger partial charge in [0.25, 0.3) is 11.8 Å². The number of hydrogen-bond acceptors (Lipinski definition) is 5. The Bertz CT molecular complexity index is 779. The second kappa shape index (κ2) is 6.44. The average Bonchev–Trinajstić information content (AvgIpc) is 3.15. The molecular formula is C19H21N3O3. The Labute approximate surface area is 146 Å². The number of aromatic nitrogens is 1. The molecular weight excluding hydrogens is 318 g/mol. The van der Waals surface area contributed by atoms with E-state index in [0.717, 1.165) is 37.1 Å². The Balaban J connectivity index is 1.43. The summed E-state index contributed by atoms with van der Waals surface area (Å²) in [4.78, 5) is 26.8. The highest BCUT2D eigenvalue weighted by Crippen LogP contribution is 2.31. The van der Waals surface area contributed by atoms with Crippen molar-refractivity contribution in [3.05, 3.63) is 52.9 Å². The Morgan fingerprint density at radius 2 is 1.92 bits per heavy atom. The molecule has 1 aliphatic carbocycles. The lowest BCUT2D eigenvalue weighted by molar-refractivity contribution is 0.0532. The summed E-state index contributed by atoms with van der Waals surface area (Å²) in [6.45, 7) is 2.51. The highest BCUT2D eigenvalue weighted by atomic mass is 16.5. The lowest BCUT2D eigenvalue weighted by Gasteiger charge is -2.34. The molecule has 130 valence electrons. The van der Waals surface area contributed by atoms with Crippen LogP contribution in [-0.2, 0) is 6.54 Å². The monoisotopic (exact) mass is 339 g/mol. The lowest BCUT2D eigenvalue weighted by atomic mass is 9.90. The highest BCUT2D eigenvalue weighted by Gasteiger charge is 2.41. The van der Waals surface area contributed by atoms with E-state index in [-0.39, 0.29) is 23.9 Å². The van der Waals surface area contributed by atoms with Crippen molar-refractivity contribution in [1.82, 2.24) is 15.4 Å². The summed E-state index contributed by atoms with van der Waals surface area (Å²) in [6.07, 6.45) is 3.67. The number of imide groups is 1. The predicted octanol–water partition coefficient (Wildman–Crippen LogP) is 2.68. The van der Waals surface area contributed by atoms with Crippen molar-refractivity contribution in [2.75, 3.05) is 0 Å². The van der Waals surface area contributed by atoms with Crippen LogP contribution < -0.4 is 5.32 Å². The molecule has 1 aromatic carbocycles. The van der Waals surface area contributed by atoms with Crippen LogP contribution in [0.4, 0.5) is 0 Å². The molecule has 25 heavy (non-hydrogen) atoms. The Kier molecular flexibility index (Phi) is 4.13. The largest absolute Gasteiger partial charge is 0.360 e. The molecule has 1 N–H and O–H groups in total. The summed E-state index contributed by atoms with van der Waals surface area (Å²) in [5.41, 5.74) is 1.92. The number of nitrogens with one attached hydrogen (secondary N) is 1. The quantitative estimate of drug-likeness (QED) is 0.867. The van der Waals surface area contributed by atoms with Crippen LogP contribution in [0.5, 0.6) is 0 Å². The number of carbonyl (C=O) groups is 2. The number of nitrogens with zero attached hydrogens (tertiary/aromatic N) is 2. The van der Waals surface area contributed by atoms with Crippen molar-refractivity contribution < 1.29 is 14.1 Å². The number of hydrogen-bond donors (Lipinski definition) is 1. The van der Waals surface area contributed by atoms with Gasteiger partial charge >= 0.3 is 0 Å². The lowest BCUT2D eigenvalue weighted by Crippen LogP contribution is -2.46. The van der Waals surface area contributed by atoms with E-state index in [2.05, 4.69) is 10.5 Å². The average molecular weight is 339 g/mol. The molecule has 2 amide bonds. The molecule has 1 aromatic heterocycles. The number of fused-ring (bicyclic) bond motifs is 1. The molecule has 2 aromatic rings. The summed E-state index contributed by atoms with van der Waals surface area (Å²) in [7, 11) is 0. The molecule has 4 rings (SSSR count). The van der Waals surface area contributed by atoms with Gasteiger partial charge in [0, 0.05) is 18.2 Å². The van der Waals surface area contributed by atoms with Crippen molar-refractivity contribution in [1.29, 1.82) is 0 Å². The molecule has 0 bridgehead atoms. The normalized spacial score (nSPS) is 23.2. The smallest absolute Gasteiger partial charge is 0.261 e. The molecule has 0 spiro atoms. The molecule has 6 heteroatoms. The minimum absolute atomic E-state index is 0.0462. The number of benzene rings is 1. The third-order valence-corrected chi connectivity index (χ3v) is 5.08. The third kappa shape index (κ3) is 2.98. The topological polar surface area (TPSA) is 75.4 Å². The van der Waals surface area contributed by atoms with Gasteiger partial charge in [0.1, 0.15) is 0 Å². The third-order valence-electron chi connectivity index (χ3n) is 5.08. The van der Waals surface area contributed by atoms with Crippen LogP contribution in [-0.4, -0.2) is 34.0 Å². The first-order valence-electron chi connectivity index (χ1n) is 8.76. The minimum Gasteiger partial charge on any atom is -0.360 e. The van der Waals surface area contributed by atoms with E-state index in [1.165, 1.54) is 4.90 Å². The second-order valence-electron chi connectivity index (χ2n) is 6.86. The van der Waals surface area contributed by atoms with Gasteiger partial charge in [-0.05, 0) is 44.7 Å². The molecule has 1 fully saturated rings. The maximum atomic E-state index is 12.7. The molecule has 1 saturated carbocycles. The number of rotatable bonds is 4. The van der Waals surface area contributed by atoms with E-state index in [4.69, 9.17) is 4.52 Å². The molecule has 2 atom stereocenters. The molecule has 0 saturated heterocycles. The predicted molar refractivity (Wildman–Crippen MR) is 91.1 cm³/mol. The standard InChI is InChI=1S/C19H21N3O3/c1-12-9-15(25-21-12)11-20-13-5-4-6-14(10-13)22-18(23)16-7-2-3-8-17(16)19(22)24/h2-3,7-9,13-14,20H,4-6,10-11H2,1H3. The second-order valence-corrected chi connectivity index (χ2v) is 6.86. The van der Waals surface area contributed by atoms with Gasteiger partial charge in [-0.2, -0.15) is 0 Å². The van der Waals surface area contributed by atoms with E-state index < -0.39 is 0 Å². The van der Waals surface area contributed by atoms with Crippen molar-refractivity contribution in [2.45, 2.75) is 51.2 Å². The Hall–Kier alpha value is -2.47. The van der Waals surface area contributed by atoms with Gasteiger partial charge in [0.15, 0.2) is 5.76 Å². The van der Waals surface area contributed by atoms with Crippen molar-refractivity contribution in [3.8, 4) is 0 Å². The van der Waals surface area contributed by atoms with Crippen LogP contribution >= 0.6 is 0 Å². The summed E-state index contributed by atoms with van der Waals surface area (Å²) in [5.74, 6) is 0.495. The van der Waals surface area contributed by atoms with Gasteiger partial charge in [0.05, 0.1) is 23.4 Å². The van der Waals surface area contributed by atoms with Gasteiger partial charge in [0.2, 0.25) is 0 Å². The van der Waals surface area contributed by atoms with Gasteiger partial charge in [-0.15, -0.1) is 0 Å². The zero-order valence-corrected chi connectivity index (χ0v) is 14.2. The molecule has 2 heterocycles. The van der Waals surface area contributed by atoms with E-state index >= 15 is 0 Å².